The lowest BCUT2D eigenvalue weighted by molar-refractivity contribution is -0.118. The smallest absolute Gasteiger partial charge is 0.262 e. The molecular weight excluding hydrogens is 318 g/mol. The van der Waals surface area contributed by atoms with Gasteiger partial charge in [0.1, 0.15) is 19.0 Å². The molecule has 0 spiro atoms. The maximum Gasteiger partial charge on any atom is 0.262 e. The van der Waals surface area contributed by atoms with Crippen LogP contribution in [0, 0.1) is 6.92 Å². The Labute approximate surface area is 139 Å². The first kappa shape index (κ1) is 15.5. The average molecular weight is 334 g/mol. The Morgan fingerprint density at radius 1 is 1.17 bits per heavy atom. The summed E-state index contributed by atoms with van der Waals surface area (Å²) >= 11 is 6.15. The third-order valence-electron chi connectivity index (χ3n) is 3.30. The normalized spacial score (nSPS) is 12.6. The Morgan fingerprint density at radius 3 is 2.52 bits per heavy atom. The van der Waals surface area contributed by atoms with Crippen LogP contribution in [0.15, 0.2) is 36.4 Å². The van der Waals surface area contributed by atoms with Gasteiger partial charge < -0.3 is 19.5 Å². The molecule has 0 saturated carbocycles. The Kier molecular flexibility index (Phi) is 4.57. The standard InChI is InChI=1S/C17H16ClNO4/c1-11-2-4-12(5-3-11)23-10-17(20)19-14-9-16-15(8-13(14)18)21-6-7-22-16/h2-5,8-9H,6-7,10H2,1H3,(H,19,20). The van der Waals surface area contributed by atoms with E-state index in [-0.39, 0.29) is 12.5 Å². The fourth-order valence-corrected chi connectivity index (χ4v) is 2.33. The first-order valence-corrected chi connectivity index (χ1v) is 7.58. The number of carbonyl (C=O) groups excluding carboxylic acids is 1. The number of fused-ring (bicyclic) bond motifs is 1. The molecule has 0 fully saturated rings. The number of aryl methyl sites for hydroxylation is 1. The first-order chi connectivity index (χ1) is 11.1. The second-order valence-electron chi connectivity index (χ2n) is 5.13. The molecule has 0 atom stereocenters. The molecule has 1 aliphatic rings. The van der Waals surface area contributed by atoms with Crippen LogP contribution in [0.1, 0.15) is 5.56 Å². The van der Waals surface area contributed by atoms with E-state index in [2.05, 4.69) is 5.32 Å². The van der Waals surface area contributed by atoms with E-state index in [0.717, 1.165) is 5.56 Å². The van der Waals surface area contributed by atoms with Crippen molar-refractivity contribution in [1.29, 1.82) is 0 Å². The summed E-state index contributed by atoms with van der Waals surface area (Å²) in [7, 11) is 0. The van der Waals surface area contributed by atoms with Crippen molar-refractivity contribution in [3.63, 3.8) is 0 Å². The van der Waals surface area contributed by atoms with Gasteiger partial charge in [0.15, 0.2) is 18.1 Å². The molecule has 120 valence electrons. The molecule has 1 N–H and O–H groups in total. The third-order valence-corrected chi connectivity index (χ3v) is 3.61. The van der Waals surface area contributed by atoms with Gasteiger partial charge in [0.05, 0.1) is 10.7 Å². The summed E-state index contributed by atoms with van der Waals surface area (Å²) in [5.74, 6) is 1.48. The summed E-state index contributed by atoms with van der Waals surface area (Å²) in [4.78, 5) is 12.0. The van der Waals surface area contributed by atoms with E-state index in [1.807, 2.05) is 31.2 Å². The molecule has 6 heteroatoms. The number of hydrogen-bond donors (Lipinski definition) is 1. The first-order valence-electron chi connectivity index (χ1n) is 7.20. The average Bonchev–Trinajstić information content (AvgIpc) is 2.55. The van der Waals surface area contributed by atoms with Crippen molar-refractivity contribution in [2.24, 2.45) is 0 Å². The van der Waals surface area contributed by atoms with Gasteiger partial charge in [-0.15, -0.1) is 0 Å². The molecule has 23 heavy (non-hydrogen) atoms. The number of nitrogens with one attached hydrogen (secondary N) is 1. The molecule has 0 saturated heterocycles. The summed E-state index contributed by atoms with van der Waals surface area (Å²) < 4.78 is 16.3. The van der Waals surface area contributed by atoms with Gasteiger partial charge in [-0.1, -0.05) is 29.3 Å². The van der Waals surface area contributed by atoms with Crippen LogP contribution in [0.5, 0.6) is 17.2 Å². The molecule has 0 radical (unpaired) electrons. The number of anilines is 1. The van der Waals surface area contributed by atoms with Gasteiger partial charge in [-0.3, -0.25) is 4.79 Å². The number of rotatable bonds is 4. The molecule has 0 unspecified atom stereocenters. The summed E-state index contributed by atoms with van der Waals surface area (Å²) in [6, 6.07) is 10.8. The SMILES string of the molecule is Cc1ccc(OCC(=O)Nc2cc3c(cc2Cl)OCCO3)cc1. The van der Waals surface area contributed by atoms with E-state index in [4.69, 9.17) is 25.8 Å². The Balaban J connectivity index is 1.62. The molecule has 2 aromatic carbocycles. The summed E-state index contributed by atoms with van der Waals surface area (Å²) in [6.45, 7) is 2.84. The molecule has 2 aromatic rings. The van der Waals surface area contributed by atoms with Crippen LogP contribution in [-0.2, 0) is 4.79 Å². The maximum atomic E-state index is 12.0. The van der Waals surface area contributed by atoms with Crippen LogP contribution in [0.2, 0.25) is 5.02 Å². The van der Waals surface area contributed by atoms with Gasteiger partial charge in [-0.25, -0.2) is 0 Å². The van der Waals surface area contributed by atoms with Crippen molar-refractivity contribution in [3.8, 4) is 17.2 Å². The van der Waals surface area contributed by atoms with Crippen molar-refractivity contribution in [1.82, 2.24) is 0 Å². The summed E-state index contributed by atoms with van der Waals surface area (Å²) in [5.41, 5.74) is 1.60. The molecule has 1 aliphatic heterocycles. The zero-order valence-corrected chi connectivity index (χ0v) is 13.4. The highest BCUT2D eigenvalue weighted by Gasteiger charge is 2.16. The number of benzene rings is 2. The predicted octanol–water partition coefficient (Wildman–Crippen LogP) is 3.44. The van der Waals surface area contributed by atoms with E-state index in [1.54, 1.807) is 12.1 Å². The quantitative estimate of drug-likeness (QED) is 0.931. The van der Waals surface area contributed by atoms with Gasteiger partial charge in [0.2, 0.25) is 0 Å². The van der Waals surface area contributed by atoms with Gasteiger partial charge in [0.25, 0.3) is 5.91 Å². The zero-order chi connectivity index (χ0) is 16.2. The topological polar surface area (TPSA) is 56.8 Å². The van der Waals surface area contributed by atoms with Crippen LogP contribution in [0.25, 0.3) is 0 Å². The van der Waals surface area contributed by atoms with Crippen LogP contribution in [0.4, 0.5) is 5.69 Å². The van der Waals surface area contributed by atoms with E-state index in [0.29, 0.717) is 41.2 Å². The summed E-state index contributed by atoms with van der Waals surface area (Å²) in [5, 5.41) is 3.10. The van der Waals surface area contributed by atoms with E-state index < -0.39 is 0 Å². The molecule has 0 aromatic heterocycles. The highest BCUT2D eigenvalue weighted by atomic mass is 35.5. The van der Waals surface area contributed by atoms with Crippen LogP contribution < -0.4 is 19.5 Å². The lowest BCUT2D eigenvalue weighted by Crippen LogP contribution is -2.21. The number of carbonyl (C=O) groups is 1. The second-order valence-corrected chi connectivity index (χ2v) is 5.53. The minimum absolute atomic E-state index is 0.103. The minimum atomic E-state index is -0.302. The Hall–Kier alpha value is -2.40. The molecule has 1 heterocycles. The van der Waals surface area contributed by atoms with Gasteiger partial charge in [0, 0.05) is 12.1 Å². The maximum absolute atomic E-state index is 12.0. The van der Waals surface area contributed by atoms with Crippen molar-refractivity contribution >= 4 is 23.2 Å². The Morgan fingerprint density at radius 2 is 1.83 bits per heavy atom. The predicted molar refractivity (Wildman–Crippen MR) is 87.7 cm³/mol. The van der Waals surface area contributed by atoms with Crippen molar-refractivity contribution in [3.05, 3.63) is 47.0 Å². The monoisotopic (exact) mass is 333 g/mol. The highest BCUT2D eigenvalue weighted by Crippen LogP contribution is 2.37. The molecule has 0 bridgehead atoms. The van der Waals surface area contributed by atoms with Crippen LogP contribution in [0.3, 0.4) is 0 Å². The van der Waals surface area contributed by atoms with Crippen molar-refractivity contribution in [2.75, 3.05) is 25.1 Å². The van der Waals surface area contributed by atoms with Crippen molar-refractivity contribution < 1.29 is 19.0 Å². The third kappa shape index (κ3) is 3.87. The van der Waals surface area contributed by atoms with Crippen LogP contribution >= 0.6 is 11.6 Å². The number of halogens is 1. The lowest BCUT2D eigenvalue weighted by atomic mass is 10.2. The number of ether oxygens (including phenoxy) is 3. The molecule has 5 nitrogen and oxygen atoms in total. The minimum Gasteiger partial charge on any atom is -0.486 e. The Bertz CT molecular complexity index is 715. The highest BCUT2D eigenvalue weighted by molar-refractivity contribution is 6.34. The van der Waals surface area contributed by atoms with Crippen LogP contribution in [-0.4, -0.2) is 25.7 Å². The van der Waals surface area contributed by atoms with Gasteiger partial charge in [-0.05, 0) is 19.1 Å². The zero-order valence-electron chi connectivity index (χ0n) is 12.6. The van der Waals surface area contributed by atoms with E-state index >= 15 is 0 Å². The van der Waals surface area contributed by atoms with Gasteiger partial charge >= 0.3 is 0 Å². The molecule has 3 rings (SSSR count). The lowest BCUT2D eigenvalue weighted by Gasteiger charge is -2.20. The fraction of sp³-hybridized carbons (Fsp3) is 0.235. The molecular formula is C17H16ClNO4. The molecule has 1 amide bonds. The fourth-order valence-electron chi connectivity index (χ4n) is 2.13. The number of hydrogen-bond acceptors (Lipinski definition) is 4. The number of amides is 1. The molecule has 0 aliphatic carbocycles. The van der Waals surface area contributed by atoms with Crippen molar-refractivity contribution in [2.45, 2.75) is 6.92 Å². The second kappa shape index (κ2) is 6.79. The largest absolute Gasteiger partial charge is 0.486 e. The van der Waals surface area contributed by atoms with E-state index in [9.17, 15) is 4.79 Å². The summed E-state index contributed by atoms with van der Waals surface area (Å²) in [6.07, 6.45) is 0. The van der Waals surface area contributed by atoms with Gasteiger partial charge in [-0.2, -0.15) is 0 Å². The van der Waals surface area contributed by atoms with E-state index in [1.165, 1.54) is 0 Å².